The number of aromatic nitrogens is 1. The lowest BCUT2D eigenvalue weighted by molar-refractivity contribution is -0.137. The fourth-order valence-corrected chi connectivity index (χ4v) is 3.09. The smallest absolute Gasteiger partial charge is 0.417 e. The highest BCUT2D eigenvalue weighted by molar-refractivity contribution is 5.92. The number of carbonyl (C=O) groups excluding carboxylic acids is 1. The van der Waals surface area contributed by atoms with Gasteiger partial charge in [0.15, 0.2) is 0 Å². The van der Waals surface area contributed by atoms with Crippen LogP contribution in [0, 0.1) is 25.2 Å². The number of hydrogen-bond donors (Lipinski definition) is 1. The minimum atomic E-state index is -4.41. The lowest BCUT2D eigenvalue weighted by atomic mass is 10.2. The maximum atomic E-state index is 12.6. The molecule has 0 aliphatic carbocycles. The summed E-state index contributed by atoms with van der Waals surface area (Å²) in [4.78, 5) is 20.0. The lowest BCUT2D eigenvalue weighted by Gasteiger charge is -2.35. The van der Waals surface area contributed by atoms with Gasteiger partial charge in [-0.15, -0.1) is 0 Å². The fourth-order valence-electron chi connectivity index (χ4n) is 3.09. The third-order valence-corrected chi connectivity index (χ3v) is 4.89. The second-order valence-electron chi connectivity index (χ2n) is 6.81. The first kappa shape index (κ1) is 20.7. The molecule has 3 rings (SSSR count). The van der Waals surface area contributed by atoms with Crippen LogP contribution in [0.1, 0.15) is 22.5 Å². The molecule has 1 aliphatic rings. The Bertz CT molecular complexity index is 923. The van der Waals surface area contributed by atoms with Crippen LogP contribution in [-0.4, -0.2) is 48.5 Å². The Kier molecular flexibility index (Phi) is 5.79. The first-order chi connectivity index (χ1) is 13.7. The quantitative estimate of drug-likeness (QED) is 0.839. The van der Waals surface area contributed by atoms with Gasteiger partial charge in [0, 0.05) is 37.9 Å². The molecule has 29 heavy (non-hydrogen) atoms. The van der Waals surface area contributed by atoms with Gasteiger partial charge in [0.2, 0.25) is 11.8 Å². The molecular weight excluding hydrogens is 387 g/mol. The van der Waals surface area contributed by atoms with Gasteiger partial charge in [0.25, 0.3) is 0 Å². The van der Waals surface area contributed by atoms with E-state index in [4.69, 9.17) is 4.42 Å². The number of carbonyl (C=O) groups is 1. The molecule has 0 aromatic carbocycles. The van der Waals surface area contributed by atoms with Crippen molar-refractivity contribution in [2.24, 2.45) is 0 Å². The van der Waals surface area contributed by atoms with E-state index in [1.54, 1.807) is 13.8 Å². The van der Waals surface area contributed by atoms with Crippen LogP contribution in [0.15, 0.2) is 22.7 Å². The number of rotatable bonds is 4. The number of nitriles is 1. The standard InChI is InChI=1S/C19H20F3N5O2/c1-12-13(2)29-18(15(12)9-23)25-17(28)11-26-5-7-27(8-6-26)16-4-3-14(10-24-16)19(20,21)22/h3-4,10H,5-8,11H2,1-2H3,(H,25,28). The molecule has 0 spiro atoms. The van der Waals surface area contributed by atoms with Crippen molar-refractivity contribution in [1.82, 2.24) is 9.88 Å². The van der Waals surface area contributed by atoms with Crippen molar-refractivity contribution in [1.29, 1.82) is 5.26 Å². The van der Waals surface area contributed by atoms with Gasteiger partial charge in [-0.05, 0) is 26.0 Å². The number of alkyl halides is 3. The number of nitrogens with zero attached hydrogens (tertiary/aromatic N) is 4. The van der Waals surface area contributed by atoms with E-state index in [-0.39, 0.29) is 18.3 Å². The number of anilines is 2. The predicted octanol–water partition coefficient (Wildman–Crippen LogP) is 2.94. The first-order valence-electron chi connectivity index (χ1n) is 8.99. The number of piperazine rings is 1. The first-order valence-corrected chi connectivity index (χ1v) is 8.99. The van der Waals surface area contributed by atoms with Gasteiger partial charge in [0.05, 0.1) is 12.1 Å². The molecule has 1 saturated heterocycles. The zero-order chi connectivity index (χ0) is 21.2. The van der Waals surface area contributed by atoms with Crippen molar-refractivity contribution in [3.63, 3.8) is 0 Å². The summed E-state index contributed by atoms with van der Waals surface area (Å²) >= 11 is 0. The van der Waals surface area contributed by atoms with Crippen LogP contribution in [-0.2, 0) is 11.0 Å². The molecule has 0 unspecified atom stereocenters. The van der Waals surface area contributed by atoms with Crippen LogP contribution in [0.2, 0.25) is 0 Å². The largest absolute Gasteiger partial charge is 0.444 e. The summed E-state index contributed by atoms with van der Waals surface area (Å²) < 4.78 is 43.4. The summed E-state index contributed by atoms with van der Waals surface area (Å²) in [5.74, 6) is 0.910. The van der Waals surface area contributed by atoms with Crippen molar-refractivity contribution in [3.8, 4) is 6.07 Å². The normalized spacial score (nSPS) is 15.2. The summed E-state index contributed by atoms with van der Waals surface area (Å²) in [7, 11) is 0. The van der Waals surface area contributed by atoms with E-state index in [2.05, 4.69) is 10.3 Å². The third kappa shape index (κ3) is 4.68. The van der Waals surface area contributed by atoms with Crippen LogP contribution in [0.4, 0.5) is 24.9 Å². The Labute approximate surface area is 165 Å². The second-order valence-corrected chi connectivity index (χ2v) is 6.81. The summed E-state index contributed by atoms with van der Waals surface area (Å²) in [6, 6.07) is 4.40. The zero-order valence-corrected chi connectivity index (χ0v) is 16.0. The third-order valence-electron chi connectivity index (χ3n) is 4.89. The van der Waals surface area contributed by atoms with Gasteiger partial charge in [-0.3, -0.25) is 15.0 Å². The van der Waals surface area contributed by atoms with Crippen LogP contribution < -0.4 is 10.2 Å². The molecule has 0 atom stereocenters. The highest BCUT2D eigenvalue weighted by atomic mass is 19.4. The maximum absolute atomic E-state index is 12.6. The van der Waals surface area contributed by atoms with Gasteiger partial charge >= 0.3 is 6.18 Å². The molecule has 3 heterocycles. The summed E-state index contributed by atoms with van der Waals surface area (Å²) in [6.07, 6.45) is -3.58. The molecule has 0 saturated carbocycles. The molecule has 1 N–H and O–H groups in total. The molecule has 1 fully saturated rings. The molecule has 0 radical (unpaired) electrons. The molecule has 1 amide bonds. The number of amides is 1. The van der Waals surface area contributed by atoms with Crippen molar-refractivity contribution in [3.05, 3.63) is 40.8 Å². The Balaban J connectivity index is 1.53. The van der Waals surface area contributed by atoms with Crippen LogP contribution in [0.25, 0.3) is 0 Å². The Morgan fingerprint density at radius 1 is 1.28 bits per heavy atom. The Hall–Kier alpha value is -3.06. The van der Waals surface area contributed by atoms with Gasteiger partial charge < -0.3 is 9.32 Å². The summed E-state index contributed by atoms with van der Waals surface area (Å²) in [6.45, 7) is 5.77. The lowest BCUT2D eigenvalue weighted by Crippen LogP contribution is -2.49. The molecule has 0 bridgehead atoms. The Morgan fingerprint density at radius 2 is 1.97 bits per heavy atom. The maximum Gasteiger partial charge on any atom is 0.417 e. The molecule has 2 aromatic rings. The highest BCUT2D eigenvalue weighted by Crippen LogP contribution is 2.29. The monoisotopic (exact) mass is 407 g/mol. The summed E-state index contributed by atoms with van der Waals surface area (Å²) in [5.41, 5.74) is 0.228. The van der Waals surface area contributed by atoms with E-state index in [0.29, 0.717) is 48.9 Å². The van der Waals surface area contributed by atoms with E-state index < -0.39 is 11.7 Å². The molecular formula is C19H20F3N5O2. The second kappa shape index (κ2) is 8.13. The molecule has 2 aromatic heterocycles. The average molecular weight is 407 g/mol. The number of aryl methyl sites for hydroxylation is 1. The topological polar surface area (TPSA) is 85.4 Å². The number of furan rings is 1. The van der Waals surface area contributed by atoms with Crippen molar-refractivity contribution in [2.75, 3.05) is 42.9 Å². The van der Waals surface area contributed by atoms with Crippen molar-refractivity contribution in [2.45, 2.75) is 20.0 Å². The van der Waals surface area contributed by atoms with Gasteiger partial charge in [-0.25, -0.2) is 4.98 Å². The van der Waals surface area contributed by atoms with E-state index in [0.717, 1.165) is 12.3 Å². The van der Waals surface area contributed by atoms with Crippen molar-refractivity contribution >= 4 is 17.6 Å². The van der Waals surface area contributed by atoms with Crippen LogP contribution in [0.3, 0.4) is 0 Å². The zero-order valence-electron chi connectivity index (χ0n) is 16.0. The number of hydrogen-bond acceptors (Lipinski definition) is 6. The number of nitrogens with one attached hydrogen (secondary N) is 1. The highest BCUT2D eigenvalue weighted by Gasteiger charge is 2.31. The molecule has 1 aliphatic heterocycles. The van der Waals surface area contributed by atoms with E-state index >= 15 is 0 Å². The fraction of sp³-hybridized carbons (Fsp3) is 0.421. The van der Waals surface area contributed by atoms with E-state index in [1.165, 1.54) is 6.07 Å². The SMILES string of the molecule is Cc1oc(NC(=O)CN2CCN(c3ccc(C(F)(F)F)cn3)CC2)c(C#N)c1C. The van der Waals surface area contributed by atoms with Gasteiger partial charge in [-0.2, -0.15) is 18.4 Å². The number of pyridine rings is 1. The number of halogens is 3. The van der Waals surface area contributed by atoms with Gasteiger partial charge in [-0.1, -0.05) is 0 Å². The minimum Gasteiger partial charge on any atom is -0.444 e. The average Bonchev–Trinajstić information content (AvgIpc) is 2.94. The molecule has 10 heteroatoms. The summed E-state index contributed by atoms with van der Waals surface area (Å²) in [5, 5.41) is 11.8. The molecule has 154 valence electrons. The van der Waals surface area contributed by atoms with Crippen LogP contribution in [0.5, 0.6) is 0 Å². The van der Waals surface area contributed by atoms with Gasteiger partial charge in [0.1, 0.15) is 23.2 Å². The van der Waals surface area contributed by atoms with Crippen LogP contribution >= 0.6 is 0 Å². The van der Waals surface area contributed by atoms with E-state index in [9.17, 15) is 23.2 Å². The van der Waals surface area contributed by atoms with E-state index in [1.807, 2.05) is 15.9 Å². The molecule has 7 nitrogen and oxygen atoms in total. The Morgan fingerprint density at radius 3 is 2.52 bits per heavy atom. The predicted molar refractivity (Wildman–Crippen MR) is 99.4 cm³/mol. The minimum absolute atomic E-state index is 0.123. The van der Waals surface area contributed by atoms with Crippen molar-refractivity contribution < 1.29 is 22.4 Å².